The molecule has 0 spiro atoms. The summed E-state index contributed by atoms with van der Waals surface area (Å²) in [7, 11) is 0. The van der Waals surface area contributed by atoms with Gasteiger partial charge in [-0.15, -0.1) is 11.6 Å². The predicted molar refractivity (Wildman–Crippen MR) is 77.3 cm³/mol. The highest BCUT2D eigenvalue weighted by Crippen LogP contribution is 2.35. The molecule has 0 radical (unpaired) electrons. The van der Waals surface area contributed by atoms with Crippen LogP contribution in [0, 0.1) is 0 Å². The van der Waals surface area contributed by atoms with E-state index in [2.05, 4.69) is 26.7 Å². The first-order chi connectivity index (χ1) is 8.88. The van der Waals surface area contributed by atoms with Gasteiger partial charge in [0.25, 0.3) is 0 Å². The highest BCUT2D eigenvalue weighted by molar-refractivity contribution is 7.07. The number of anilines is 1. The van der Waals surface area contributed by atoms with E-state index in [4.69, 9.17) is 11.6 Å². The van der Waals surface area contributed by atoms with E-state index < -0.39 is 0 Å². The Bertz CT molecular complexity index is 508. The van der Waals surface area contributed by atoms with E-state index in [-0.39, 0.29) is 0 Å². The molecule has 1 fully saturated rings. The molecule has 1 saturated carbocycles. The highest BCUT2D eigenvalue weighted by Gasteiger charge is 2.30. The first-order valence-corrected chi connectivity index (χ1v) is 7.63. The lowest BCUT2D eigenvalue weighted by Gasteiger charge is -2.26. The molecule has 0 aromatic carbocycles. The second-order valence-electron chi connectivity index (χ2n) is 4.63. The third-order valence-electron chi connectivity index (χ3n) is 3.26. The molecule has 0 atom stereocenters. The molecule has 18 heavy (non-hydrogen) atoms. The zero-order chi connectivity index (χ0) is 12.4. The lowest BCUT2D eigenvalue weighted by atomic mass is 10.2. The quantitative estimate of drug-likeness (QED) is 0.767. The van der Waals surface area contributed by atoms with Crippen LogP contribution in [-0.4, -0.2) is 11.0 Å². The smallest absolute Gasteiger partial charge is 0.0603 e. The van der Waals surface area contributed by atoms with Crippen molar-refractivity contribution in [3.05, 3.63) is 46.4 Å². The average Bonchev–Trinajstić information content (AvgIpc) is 3.13. The maximum atomic E-state index is 6.03. The van der Waals surface area contributed by atoms with E-state index in [0.717, 1.165) is 6.54 Å². The van der Waals surface area contributed by atoms with Crippen molar-refractivity contribution in [2.24, 2.45) is 0 Å². The number of alkyl halides is 1. The molecule has 4 heteroatoms. The third kappa shape index (κ3) is 2.52. The van der Waals surface area contributed by atoms with E-state index in [1.165, 1.54) is 29.7 Å². The maximum absolute atomic E-state index is 6.03. The average molecular weight is 279 g/mol. The summed E-state index contributed by atoms with van der Waals surface area (Å²) in [6, 6.07) is 4.87. The SMILES string of the molecule is ClCc1ccncc1N(Cc1ccsc1)C1CC1. The summed E-state index contributed by atoms with van der Waals surface area (Å²) in [6.45, 7) is 0.962. The van der Waals surface area contributed by atoms with Gasteiger partial charge >= 0.3 is 0 Å². The Labute approximate surface area is 116 Å². The van der Waals surface area contributed by atoms with Crippen molar-refractivity contribution in [3.63, 3.8) is 0 Å². The molecule has 2 nitrogen and oxygen atoms in total. The number of pyridine rings is 1. The van der Waals surface area contributed by atoms with E-state index in [9.17, 15) is 0 Å². The molecule has 2 heterocycles. The van der Waals surface area contributed by atoms with Crippen LogP contribution in [0.5, 0.6) is 0 Å². The standard InChI is InChI=1S/C14H15ClN2S/c15-7-12-3-5-16-8-14(12)17(13-1-2-13)9-11-4-6-18-10-11/h3-6,8,10,13H,1-2,7,9H2. The van der Waals surface area contributed by atoms with E-state index in [0.29, 0.717) is 11.9 Å². The molecule has 0 unspecified atom stereocenters. The minimum absolute atomic E-state index is 0.546. The van der Waals surface area contributed by atoms with Gasteiger partial charge in [0.2, 0.25) is 0 Å². The molecule has 0 saturated heterocycles. The van der Waals surface area contributed by atoms with Crippen molar-refractivity contribution in [2.75, 3.05) is 4.90 Å². The van der Waals surface area contributed by atoms with E-state index in [1.807, 2.05) is 18.5 Å². The minimum atomic E-state index is 0.546. The fourth-order valence-corrected chi connectivity index (χ4v) is 3.05. The van der Waals surface area contributed by atoms with E-state index in [1.54, 1.807) is 11.3 Å². The summed E-state index contributed by atoms with van der Waals surface area (Å²) < 4.78 is 0. The Balaban J connectivity index is 1.89. The number of hydrogen-bond donors (Lipinski definition) is 0. The summed E-state index contributed by atoms with van der Waals surface area (Å²) in [6.07, 6.45) is 6.32. The first-order valence-electron chi connectivity index (χ1n) is 6.15. The van der Waals surface area contributed by atoms with Gasteiger partial charge in [-0.2, -0.15) is 11.3 Å². The Morgan fingerprint density at radius 3 is 2.94 bits per heavy atom. The number of rotatable bonds is 5. The van der Waals surface area contributed by atoms with Crippen LogP contribution in [0.15, 0.2) is 35.3 Å². The predicted octanol–water partition coefficient (Wildman–Crippen LogP) is 4.05. The molecule has 94 valence electrons. The monoisotopic (exact) mass is 278 g/mol. The summed E-state index contributed by atoms with van der Waals surface area (Å²) in [5.41, 5.74) is 3.74. The normalized spacial score (nSPS) is 14.7. The maximum Gasteiger partial charge on any atom is 0.0603 e. The van der Waals surface area contributed by atoms with Gasteiger partial charge < -0.3 is 4.90 Å². The van der Waals surface area contributed by atoms with Gasteiger partial charge in [0.15, 0.2) is 0 Å². The minimum Gasteiger partial charge on any atom is -0.363 e. The molecule has 2 aromatic rings. The third-order valence-corrected chi connectivity index (χ3v) is 4.28. The number of halogens is 1. The van der Waals surface area contributed by atoms with Crippen LogP contribution in [0.4, 0.5) is 5.69 Å². The summed E-state index contributed by atoms with van der Waals surface area (Å²) >= 11 is 7.78. The Kier molecular flexibility index (Phi) is 3.52. The topological polar surface area (TPSA) is 16.1 Å². The summed E-state index contributed by atoms with van der Waals surface area (Å²) in [5.74, 6) is 0.546. The van der Waals surface area contributed by atoms with Crippen LogP contribution in [0.1, 0.15) is 24.0 Å². The molecule has 3 rings (SSSR count). The first kappa shape index (κ1) is 12.0. The largest absolute Gasteiger partial charge is 0.363 e. The molecule has 0 N–H and O–H groups in total. The molecule has 1 aliphatic rings. The number of nitrogens with zero attached hydrogens (tertiary/aromatic N) is 2. The Morgan fingerprint density at radius 1 is 1.39 bits per heavy atom. The number of aromatic nitrogens is 1. The second-order valence-corrected chi connectivity index (χ2v) is 5.68. The number of hydrogen-bond acceptors (Lipinski definition) is 3. The van der Waals surface area contributed by atoms with Crippen LogP contribution in [0.25, 0.3) is 0 Å². The van der Waals surface area contributed by atoms with Crippen LogP contribution in [-0.2, 0) is 12.4 Å². The van der Waals surface area contributed by atoms with Crippen molar-refractivity contribution >= 4 is 28.6 Å². The molecular formula is C14H15ClN2S. The van der Waals surface area contributed by atoms with Gasteiger partial charge in [-0.3, -0.25) is 4.98 Å². The fraction of sp³-hybridized carbons (Fsp3) is 0.357. The van der Waals surface area contributed by atoms with Crippen LogP contribution < -0.4 is 4.90 Å². The fourth-order valence-electron chi connectivity index (χ4n) is 2.16. The summed E-state index contributed by atoms with van der Waals surface area (Å²) in [5, 5.41) is 4.35. The van der Waals surface area contributed by atoms with E-state index >= 15 is 0 Å². The van der Waals surface area contributed by atoms with Gasteiger partial charge in [0.1, 0.15) is 0 Å². The lowest BCUT2D eigenvalue weighted by molar-refractivity contribution is 0.789. The van der Waals surface area contributed by atoms with Crippen molar-refractivity contribution < 1.29 is 0 Å². The van der Waals surface area contributed by atoms with Crippen molar-refractivity contribution in [1.29, 1.82) is 0 Å². The molecule has 2 aromatic heterocycles. The molecular weight excluding hydrogens is 264 g/mol. The van der Waals surface area contributed by atoms with Gasteiger partial charge in [-0.25, -0.2) is 0 Å². The van der Waals surface area contributed by atoms with Crippen molar-refractivity contribution in [2.45, 2.75) is 31.3 Å². The van der Waals surface area contributed by atoms with Crippen LogP contribution in [0.3, 0.4) is 0 Å². The zero-order valence-corrected chi connectivity index (χ0v) is 11.6. The number of thiophene rings is 1. The highest BCUT2D eigenvalue weighted by atomic mass is 35.5. The van der Waals surface area contributed by atoms with Gasteiger partial charge in [-0.05, 0) is 46.9 Å². The summed E-state index contributed by atoms with van der Waals surface area (Å²) in [4.78, 5) is 6.71. The lowest BCUT2D eigenvalue weighted by Crippen LogP contribution is -2.25. The Morgan fingerprint density at radius 2 is 2.28 bits per heavy atom. The molecule has 0 amide bonds. The van der Waals surface area contributed by atoms with Gasteiger partial charge in [0.05, 0.1) is 11.9 Å². The van der Waals surface area contributed by atoms with Gasteiger partial charge in [-0.1, -0.05) is 0 Å². The van der Waals surface area contributed by atoms with Crippen molar-refractivity contribution in [3.8, 4) is 0 Å². The van der Waals surface area contributed by atoms with Crippen molar-refractivity contribution in [1.82, 2.24) is 4.98 Å². The Hall–Kier alpha value is -1.06. The molecule has 0 bridgehead atoms. The molecule has 1 aliphatic carbocycles. The van der Waals surface area contributed by atoms with Crippen LogP contribution in [0.2, 0.25) is 0 Å². The van der Waals surface area contributed by atoms with Crippen LogP contribution >= 0.6 is 22.9 Å². The second kappa shape index (κ2) is 5.29. The van der Waals surface area contributed by atoms with Gasteiger partial charge in [0, 0.05) is 24.7 Å². The molecule has 0 aliphatic heterocycles. The zero-order valence-electron chi connectivity index (χ0n) is 10.1.